The zero-order valence-corrected chi connectivity index (χ0v) is 12.5. The van der Waals surface area contributed by atoms with Gasteiger partial charge in [-0.05, 0) is 24.3 Å². The van der Waals surface area contributed by atoms with Crippen LogP contribution in [0.2, 0.25) is 0 Å². The second-order valence-electron chi connectivity index (χ2n) is 5.37. The molecule has 7 heteroatoms. The third kappa shape index (κ3) is 2.52. The first-order chi connectivity index (χ1) is 11.8. The van der Waals surface area contributed by atoms with Gasteiger partial charge in [-0.15, -0.1) is 0 Å². The van der Waals surface area contributed by atoms with E-state index in [0.717, 1.165) is 18.2 Å². The highest BCUT2D eigenvalue weighted by molar-refractivity contribution is 5.96. The molecule has 1 atom stereocenters. The van der Waals surface area contributed by atoms with Gasteiger partial charge in [0.1, 0.15) is 5.75 Å². The molecule has 1 unspecified atom stereocenters. The summed E-state index contributed by atoms with van der Waals surface area (Å²) in [5.74, 6) is -1.81. The van der Waals surface area contributed by atoms with Gasteiger partial charge in [0, 0.05) is 11.1 Å². The van der Waals surface area contributed by atoms with E-state index in [-0.39, 0.29) is 16.9 Å². The third-order valence-corrected chi connectivity index (χ3v) is 3.91. The van der Waals surface area contributed by atoms with Crippen molar-refractivity contribution in [2.75, 3.05) is 0 Å². The Balaban J connectivity index is 2.31. The summed E-state index contributed by atoms with van der Waals surface area (Å²) in [5, 5.41) is 18.2. The quantitative estimate of drug-likeness (QED) is 0.897. The highest BCUT2D eigenvalue weighted by Crippen LogP contribution is 2.51. The number of halogens is 3. The number of alkyl halides is 3. The lowest BCUT2D eigenvalue weighted by atomic mass is 9.81. The maximum atomic E-state index is 14.1. The number of aliphatic carboxylic acids is 1. The molecule has 25 heavy (non-hydrogen) atoms. The van der Waals surface area contributed by atoms with Crippen LogP contribution in [-0.2, 0) is 10.4 Å². The largest absolute Gasteiger partial charge is 0.478 e. The van der Waals surface area contributed by atoms with Crippen LogP contribution >= 0.6 is 0 Å². The number of carboxylic acid groups (broad SMARTS) is 1. The molecule has 4 nitrogen and oxygen atoms in total. The molecule has 1 aliphatic heterocycles. The van der Waals surface area contributed by atoms with E-state index in [1.165, 1.54) is 30.3 Å². The normalized spacial score (nSPS) is 19.2. The van der Waals surface area contributed by atoms with Gasteiger partial charge in [0.2, 0.25) is 0 Å². The zero-order valence-electron chi connectivity index (χ0n) is 12.5. The number of nitrogens with zero attached hydrogens (tertiary/aromatic N) is 1. The molecule has 0 saturated carbocycles. The fraction of sp³-hybridized carbons (Fsp3) is 0.111. The fourth-order valence-electron chi connectivity index (χ4n) is 2.75. The number of ether oxygens (including phenoxy) is 1. The summed E-state index contributed by atoms with van der Waals surface area (Å²) in [7, 11) is 0. The Bertz CT molecular complexity index is 910. The van der Waals surface area contributed by atoms with Crippen LogP contribution < -0.4 is 4.74 Å². The van der Waals surface area contributed by atoms with Crippen molar-refractivity contribution in [2.24, 2.45) is 0 Å². The predicted molar refractivity (Wildman–Crippen MR) is 81.6 cm³/mol. The molecule has 2 aromatic carbocycles. The summed E-state index contributed by atoms with van der Waals surface area (Å²) in [6, 6.07) is 12.2. The molecule has 0 bridgehead atoms. The SMILES string of the molecule is N#Cc1ccc(C2(C(F)(F)F)Oc3ccccc3C=C2C(=O)O)cc1. The third-order valence-electron chi connectivity index (χ3n) is 3.91. The lowest BCUT2D eigenvalue weighted by molar-refractivity contribution is -0.240. The first-order valence-corrected chi connectivity index (χ1v) is 7.10. The lowest BCUT2D eigenvalue weighted by Crippen LogP contribution is -2.52. The second kappa shape index (κ2) is 5.67. The van der Waals surface area contributed by atoms with Gasteiger partial charge in [0.05, 0.1) is 17.2 Å². The van der Waals surface area contributed by atoms with Gasteiger partial charge < -0.3 is 9.84 Å². The highest BCUT2D eigenvalue weighted by Gasteiger charge is 2.64. The van der Waals surface area contributed by atoms with Crippen LogP contribution in [0, 0.1) is 11.3 Å². The summed E-state index contributed by atoms with van der Waals surface area (Å²) >= 11 is 0. The van der Waals surface area contributed by atoms with Crippen LogP contribution in [0.1, 0.15) is 16.7 Å². The van der Waals surface area contributed by atoms with Crippen molar-refractivity contribution in [1.29, 1.82) is 5.26 Å². The van der Waals surface area contributed by atoms with Crippen LogP contribution in [0.4, 0.5) is 13.2 Å². The molecule has 0 spiro atoms. The van der Waals surface area contributed by atoms with Gasteiger partial charge in [-0.1, -0.05) is 30.3 Å². The number of hydrogen-bond acceptors (Lipinski definition) is 3. The van der Waals surface area contributed by atoms with E-state index in [2.05, 4.69) is 0 Å². The minimum absolute atomic E-state index is 0.0748. The van der Waals surface area contributed by atoms with Gasteiger partial charge in [-0.3, -0.25) is 0 Å². The first kappa shape index (κ1) is 16.6. The molecule has 1 N–H and O–H groups in total. The molecule has 0 amide bonds. The molecule has 1 aliphatic rings. The fourth-order valence-corrected chi connectivity index (χ4v) is 2.75. The van der Waals surface area contributed by atoms with E-state index in [0.29, 0.717) is 0 Å². The number of rotatable bonds is 2. The minimum Gasteiger partial charge on any atom is -0.478 e. The zero-order chi connectivity index (χ0) is 18.2. The van der Waals surface area contributed by atoms with Crippen LogP contribution in [-0.4, -0.2) is 17.3 Å². The maximum absolute atomic E-state index is 14.1. The highest BCUT2D eigenvalue weighted by atomic mass is 19.4. The molecular weight excluding hydrogens is 335 g/mol. The van der Waals surface area contributed by atoms with Gasteiger partial charge in [0.15, 0.2) is 0 Å². The molecule has 1 heterocycles. The van der Waals surface area contributed by atoms with Crippen LogP contribution in [0.15, 0.2) is 54.1 Å². The molecule has 126 valence electrons. The van der Waals surface area contributed by atoms with Crippen LogP contribution in [0.3, 0.4) is 0 Å². The smallest absolute Gasteiger partial charge is 0.437 e. The van der Waals surface area contributed by atoms with Crippen molar-refractivity contribution in [3.05, 3.63) is 70.8 Å². The summed E-state index contributed by atoms with van der Waals surface area (Å²) in [6.45, 7) is 0. The summed E-state index contributed by atoms with van der Waals surface area (Å²) in [5.41, 5.74) is -4.13. The van der Waals surface area contributed by atoms with Crippen molar-refractivity contribution < 1.29 is 27.8 Å². The van der Waals surface area contributed by atoms with Crippen LogP contribution in [0.25, 0.3) is 6.08 Å². The Kier molecular flexibility index (Phi) is 3.76. The molecule has 3 rings (SSSR count). The predicted octanol–water partition coefficient (Wildman–Crippen LogP) is 3.88. The first-order valence-electron chi connectivity index (χ1n) is 7.10. The van der Waals surface area contributed by atoms with Gasteiger partial charge in [-0.2, -0.15) is 18.4 Å². The Hall–Kier alpha value is -3.27. The average Bonchev–Trinajstić information content (AvgIpc) is 2.59. The average molecular weight is 345 g/mol. The number of benzene rings is 2. The summed E-state index contributed by atoms with van der Waals surface area (Å²) < 4.78 is 47.5. The minimum atomic E-state index is -5.04. The van der Waals surface area contributed by atoms with Gasteiger partial charge >= 0.3 is 12.1 Å². The van der Waals surface area contributed by atoms with Crippen molar-refractivity contribution in [2.45, 2.75) is 11.8 Å². The molecule has 0 aromatic heterocycles. The van der Waals surface area contributed by atoms with E-state index < -0.39 is 28.9 Å². The molecule has 0 radical (unpaired) electrons. The molecule has 2 aromatic rings. The standard InChI is InChI=1S/C18H10F3NO3/c19-18(20,21)17(13-7-5-11(10-22)6-8-13)14(16(23)24)9-12-3-1-2-4-15(12)25-17/h1-9H,(H,23,24). The Labute approximate surface area is 140 Å². The van der Waals surface area contributed by atoms with E-state index >= 15 is 0 Å². The molecular formula is C18H10F3NO3. The summed E-state index contributed by atoms with van der Waals surface area (Å²) in [6.07, 6.45) is -4.08. The number of carboxylic acids is 1. The van der Waals surface area contributed by atoms with E-state index in [9.17, 15) is 23.1 Å². The Morgan fingerprint density at radius 3 is 2.32 bits per heavy atom. The van der Waals surface area contributed by atoms with Crippen molar-refractivity contribution in [3.8, 4) is 11.8 Å². The van der Waals surface area contributed by atoms with Gasteiger partial charge in [-0.25, -0.2) is 4.79 Å². The lowest BCUT2D eigenvalue weighted by Gasteiger charge is -2.39. The molecule has 0 aliphatic carbocycles. The molecule has 0 saturated heterocycles. The van der Waals surface area contributed by atoms with Crippen LogP contribution in [0.5, 0.6) is 5.75 Å². The van der Waals surface area contributed by atoms with E-state index in [4.69, 9.17) is 10.00 Å². The molecule has 0 fully saturated rings. The van der Waals surface area contributed by atoms with Crippen molar-refractivity contribution in [1.82, 2.24) is 0 Å². The van der Waals surface area contributed by atoms with E-state index in [1.54, 1.807) is 12.1 Å². The number of hydrogen-bond donors (Lipinski definition) is 1. The van der Waals surface area contributed by atoms with E-state index in [1.807, 2.05) is 0 Å². The monoisotopic (exact) mass is 345 g/mol. The Morgan fingerprint density at radius 2 is 1.76 bits per heavy atom. The van der Waals surface area contributed by atoms with Crippen molar-refractivity contribution in [3.63, 3.8) is 0 Å². The second-order valence-corrected chi connectivity index (χ2v) is 5.37. The van der Waals surface area contributed by atoms with Gasteiger partial charge in [0.25, 0.3) is 5.60 Å². The summed E-state index contributed by atoms with van der Waals surface area (Å²) in [4.78, 5) is 11.6. The number of fused-ring (bicyclic) bond motifs is 1. The number of para-hydroxylation sites is 1. The number of nitriles is 1. The maximum Gasteiger partial charge on any atom is 0.437 e. The van der Waals surface area contributed by atoms with Crippen molar-refractivity contribution >= 4 is 12.0 Å². The topological polar surface area (TPSA) is 70.3 Å². The Morgan fingerprint density at radius 1 is 1.12 bits per heavy atom. The number of carbonyl (C=O) groups is 1.